The van der Waals surface area contributed by atoms with Crippen LogP contribution in [0, 0.1) is 6.92 Å². The lowest BCUT2D eigenvalue weighted by Crippen LogP contribution is -2.19. The van der Waals surface area contributed by atoms with Crippen molar-refractivity contribution in [3.8, 4) is 11.1 Å². The molecule has 2 aliphatic heterocycles. The van der Waals surface area contributed by atoms with Gasteiger partial charge in [0.15, 0.2) is 0 Å². The normalized spacial score (nSPS) is 17.1. The molecule has 1 N–H and O–H groups in total. The van der Waals surface area contributed by atoms with Gasteiger partial charge in [-0.15, -0.1) is 0 Å². The van der Waals surface area contributed by atoms with E-state index >= 15 is 0 Å². The largest absolute Gasteiger partial charge is 0.328 e. The Bertz CT molecular complexity index is 966. The molecule has 96 valence electrons. The summed E-state index contributed by atoms with van der Waals surface area (Å²) in [6.45, 7) is 1.99. The Balaban J connectivity index is 2.17. The maximum absolute atomic E-state index is 12.1. The minimum absolute atomic E-state index is 0.112. The second kappa shape index (κ2) is 3.84. The van der Waals surface area contributed by atoms with Crippen molar-refractivity contribution in [1.29, 1.82) is 0 Å². The molecule has 3 heterocycles. The number of aliphatic imine (C=N–C) groups is 2. The SMILES string of the molecule is Cc1c2c(ccc1=C1C=NC=N1)=Nc1cc[nH]c(=O)c1-2. The van der Waals surface area contributed by atoms with Crippen molar-refractivity contribution in [3.63, 3.8) is 0 Å². The van der Waals surface area contributed by atoms with Crippen LogP contribution in [-0.4, -0.2) is 17.5 Å². The average molecular weight is 262 g/mol. The maximum Gasteiger partial charge on any atom is 0.258 e. The van der Waals surface area contributed by atoms with Gasteiger partial charge in [-0.1, -0.05) is 6.07 Å². The number of hydrogen-bond acceptors (Lipinski definition) is 4. The van der Waals surface area contributed by atoms with E-state index in [0.717, 1.165) is 33.1 Å². The summed E-state index contributed by atoms with van der Waals surface area (Å²) in [6, 6.07) is 5.71. The van der Waals surface area contributed by atoms with Crippen molar-refractivity contribution in [1.82, 2.24) is 4.98 Å². The van der Waals surface area contributed by atoms with Gasteiger partial charge in [-0.25, -0.2) is 15.0 Å². The van der Waals surface area contributed by atoms with Crippen LogP contribution in [0.3, 0.4) is 0 Å². The molecule has 0 fully saturated rings. The van der Waals surface area contributed by atoms with Crippen LogP contribution in [-0.2, 0) is 0 Å². The van der Waals surface area contributed by atoms with E-state index in [1.165, 1.54) is 6.34 Å². The van der Waals surface area contributed by atoms with E-state index in [9.17, 15) is 4.79 Å². The highest BCUT2D eigenvalue weighted by molar-refractivity contribution is 6.10. The summed E-state index contributed by atoms with van der Waals surface area (Å²) in [5.41, 5.74) is 3.95. The Labute approximate surface area is 113 Å². The number of nitrogens with zero attached hydrogens (tertiary/aromatic N) is 3. The fraction of sp³-hybridized carbons (Fsp3) is 0.0667. The third-order valence-electron chi connectivity index (χ3n) is 3.61. The van der Waals surface area contributed by atoms with E-state index in [1.807, 2.05) is 25.1 Å². The zero-order chi connectivity index (χ0) is 13.7. The Morgan fingerprint density at radius 3 is 2.85 bits per heavy atom. The number of aromatic amines is 1. The predicted octanol–water partition coefficient (Wildman–Crippen LogP) is 0.836. The molecule has 0 spiro atoms. The number of H-pyrrole nitrogens is 1. The Morgan fingerprint density at radius 1 is 1.15 bits per heavy atom. The summed E-state index contributed by atoms with van der Waals surface area (Å²) >= 11 is 0. The van der Waals surface area contributed by atoms with Crippen LogP contribution < -0.4 is 16.1 Å². The molecule has 4 rings (SSSR count). The molecule has 5 heteroatoms. The van der Waals surface area contributed by atoms with Crippen LogP contribution in [0.1, 0.15) is 5.56 Å². The molecule has 0 saturated carbocycles. The molecule has 1 aromatic heterocycles. The standard InChI is InChI=1S/C15H10N4O/c1-8-9(12-6-16-7-18-12)2-3-10-13(8)14-11(19-10)4-5-17-15(14)20/h2-7H,1H3,(H,17,20). The highest BCUT2D eigenvalue weighted by Gasteiger charge is 2.20. The van der Waals surface area contributed by atoms with E-state index in [4.69, 9.17) is 0 Å². The summed E-state index contributed by atoms with van der Waals surface area (Å²) in [4.78, 5) is 27.5. The molecular weight excluding hydrogens is 252 g/mol. The first kappa shape index (κ1) is 11.0. The molecule has 2 aliphatic rings. The smallest absolute Gasteiger partial charge is 0.258 e. The van der Waals surface area contributed by atoms with Crippen molar-refractivity contribution in [2.75, 3.05) is 0 Å². The number of hydrogen-bond donors (Lipinski definition) is 1. The van der Waals surface area contributed by atoms with Gasteiger partial charge in [0, 0.05) is 17.0 Å². The van der Waals surface area contributed by atoms with Gasteiger partial charge in [0.25, 0.3) is 5.56 Å². The fourth-order valence-corrected chi connectivity index (χ4v) is 2.69. The highest BCUT2D eigenvalue weighted by Crippen LogP contribution is 2.29. The van der Waals surface area contributed by atoms with Gasteiger partial charge in [0.2, 0.25) is 0 Å². The Hall–Kier alpha value is -2.82. The van der Waals surface area contributed by atoms with Crippen molar-refractivity contribution >= 4 is 23.9 Å². The molecule has 1 aromatic carbocycles. The van der Waals surface area contributed by atoms with E-state index in [-0.39, 0.29) is 5.56 Å². The molecular formula is C15H10N4O. The quantitative estimate of drug-likeness (QED) is 0.640. The Kier molecular flexibility index (Phi) is 2.12. The van der Waals surface area contributed by atoms with Crippen molar-refractivity contribution in [2.45, 2.75) is 6.92 Å². The molecule has 0 saturated heterocycles. The van der Waals surface area contributed by atoms with Gasteiger partial charge < -0.3 is 4.98 Å². The first-order valence-electron chi connectivity index (χ1n) is 6.26. The molecule has 20 heavy (non-hydrogen) atoms. The van der Waals surface area contributed by atoms with Crippen LogP contribution in [0.15, 0.2) is 44.2 Å². The van der Waals surface area contributed by atoms with Crippen molar-refractivity contribution in [3.05, 3.63) is 50.9 Å². The van der Waals surface area contributed by atoms with Gasteiger partial charge in [0.05, 0.1) is 28.5 Å². The van der Waals surface area contributed by atoms with Crippen LogP contribution in [0.5, 0.6) is 0 Å². The van der Waals surface area contributed by atoms with Gasteiger partial charge >= 0.3 is 0 Å². The number of fused-ring (bicyclic) bond motifs is 3. The van der Waals surface area contributed by atoms with Gasteiger partial charge in [-0.2, -0.15) is 0 Å². The maximum atomic E-state index is 12.1. The average Bonchev–Trinajstić information content (AvgIpc) is 3.06. The topological polar surface area (TPSA) is 69.9 Å². The second-order valence-electron chi connectivity index (χ2n) is 4.72. The summed E-state index contributed by atoms with van der Waals surface area (Å²) in [7, 11) is 0. The fourth-order valence-electron chi connectivity index (χ4n) is 2.69. The van der Waals surface area contributed by atoms with E-state index < -0.39 is 0 Å². The zero-order valence-electron chi connectivity index (χ0n) is 10.7. The number of rotatable bonds is 0. The molecule has 0 bridgehead atoms. The minimum Gasteiger partial charge on any atom is -0.328 e. The second-order valence-corrected chi connectivity index (χ2v) is 4.72. The number of aromatic nitrogens is 1. The monoisotopic (exact) mass is 262 g/mol. The van der Waals surface area contributed by atoms with Gasteiger partial charge in [-0.05, 0) is 24.6 Å². The lowest BCUT2D eigenvalue weighted by molar-refractivity contribution is 1.24. The molecule has 5 nitrogen and oxygen atoms in total. The van der Waals surface area contributed by atoms with E-state index in [2.05, 4.69) is 20.0 Å². The summed E-state index contributed by atoms with van der Waals surface area (Å²) in [6.07, 6.45) is 4.86. The van der Waals surface area contributed by atoms with Crippen LogP contribution >= 0.6 is 0 Å². The Morgan fingerprint density at radius 2 is 2.05 bits per heavy atom. The third-order valence-corrected chi connectivity index (χ3v) is 3.61. The molecule has 2 aromatic rings. The highest BCUT2D eigenvalue weighted by atomic mass is 16.1. The number of pyridine rings is 1. The van der Waals surface area contributed by atoms with Crippen LogP contribution in [0.25, 0.3) is 16.8 Å². The lowest BCUT2D eigenvalue weighted by atomic mass is 9.99. The third kappa shape index (κ3) is 1.37. The summed E-state index contributed by atoms with van der Waals surface area (Å²) < 4.78 is 0. The summed E-state index contributed by atoms with van der Waals surface area (Å²) in [5.74, 6) is 0. The number of benzene rings is 1. The first-order chi connectivity index (χ1) is 9.75. The van der Waals surface area contributed by atoms with Gasteiger partial charge in [-0.3, -0.25) is 4.79 Å². The van der Waals surface area contributed by atoms with Gasteiger partial charge in [0.1, 0.15) is 6.34 Å². The van der Waals surface area contributed by atoms with Crippen molar-refractivity contribution in [2.24, 2.45) is 15.0 Å². The molecule has 0 aliphatic carbocycles. The lowest BCUT2D eigenvalue weighted by Gasteiger charge is -2.03. The van der Waals surface area contributed by atoms with E-state index in [1.54, 1.807) is 12.4 Å². The predicted molar refractivity (Wildman–Crippen MR) is 78.1 cm³/mol. The number of nitrogens with one attached hydrogen (secondary N) is 1. The molecule has 0 amide bonds. The van der Waals surface area contributed by atoms with Crippen LogP contribution in [0.2, 0.25) is 0 Å². The van der Waals surface area contributed by atoms with E-state index in [0.29, 0.717) is 5.56 Å². The molecule has 0 radical (unpaired) electrons. The zero-order valence-corrected chi connectivity index (χ0v) is 10.7. The van der Waals surface area contributed by atoms with Crippen LogP contribution in [0.4, 0.5) is 5.69 Å². The minimum atomic E-state index is -0.112. The first-order valence-corrected chi connectivity index (χ1v) is 6.26. The summed E-state index contributed by atoms with van der Waals surface area (Å²) in [5, 5.41) is 1.81. The molecule has 0 unspecified atom stereocenters. The molecule has 0 atom stereocenters. The van der Waals surface area contributed by atoms with Crippen molar-refractivity contribution < 1.29 is 0 Å².